The Balaban J connectivity index is 1.56. The number of aromatic nitrogens is 1. The standard InChI is InChI=1S/C21H24N2O3S/c1-10-4-5-15(8-11(10)2)18-12(3)27-21(22-18)23-19(24)16-13-6-7-14(9-13)17(16)20(25)26/h4-5,8,13-14,16-17H,6-7,9H2,1-3H3,(H,25,26)(H,22,23,24)/t13-,14-,16-,17+/m0/s1. The third kappa shape index (κ3) is 3.16. The van der Waals surface area contributed by atoms with Gasteiger partial charge in [-0.1, -0.05) is 12.1 Å². The molecule has 1 aromatic heterocycles. The van der Waals surface area contributed by atoms with Crippen molar-refractivity contribution in [2.75, 3.05) is 5.32 Å². The number of carbonyl (C=O) groups excluding carboxylic acids is 1. The zero-order valence-corrected chi connectivity index (χ0v) is 16.6. The van der Waals surface area contributed by atoms with Crippen molar-refractivity contribution in [1.29, 1.82) is 0 Å². The van der Waals surface area contributed by atoms with Crippen molar-refractivity contribution < 1.29 is 14.7 Å². The summed E-state index contributed by atoms with van der Waals surface area (Å²) in [4.78, 5) is 30.2. The predicted octanol–water partition coefficient (Wildman–Crippen LogP) is 4.42. The van der Waals surface area contributed by atoms with Gasteiger partial charge in [0.2, 0.25) is 5.91 Å². The van der Waals surface area contributed by atoms with E-state index in [1.807, 2.05) is 13.0 Å². The lowest BCUT2D eigenvalue weighted by Crippen LogP contribution is -2.37. The molecule has 142 valence electrons. The van der Waals surface area contributed by atoms with Crippen LogP contribution in [0.25, 0.3) is 11.3 Å². The maximum atomic E-state index is 12.9. The summed E-state index contributed by atoms with van der Waals surface area (Å²) >= 11 is 1.45. The number of carbonyl (C=O) groups is 2. The van der Waals surface area contributed by atoms with Gasteiger partial charge in [0.25, 0.3) is 0 Å². The highest BCUT2D eigenvalue weighted by Gasteiger charge is 2.54. The van der Waals surface area contributed by atoms with Crippen molar-refractivity contribution >= 4 is 28.3 Å². The van der Waals surface area contributed by atoms with Gasteiger partial charge in [-0.15, -0.1) is 11.3 Å². The molecule has 2 fully saturated rings. The highest BCUT2D eigenvalue weighted by molar-refractivity contribution is 7.16. The van der Waals surface area contributed by atoms with Crippen LogP contribution in [-0.4, -0.2) is 22.0 Å². The van der Waals surface area contributed by atoms with Gasteiger partial charge >= 0.3 is 5.97 Å². The van der Waals surface area contributed by atoms with Gasteiger partial charge in [0.15, 0.2) is 5.13 Å². The summed E-state index contributed by atoms with van der Waals surface area (Å²) < 4.78 is 0. The summed E-state index contributed by atoms with van der Waals surface area (Å²) in [5, 5.41) is 13.0. The molecule has 2 aliphatic rings. The molecule has 1 aromatic carbocycles. The molecule has 0 aliphatic heterocycles. The monoisotopic (exact) mass is 384 g/mol. The Morgan fingerprint density at radius 2 is 1.81 bits per heavy atom. The van der Waals surface area contributed by atoms with Crippen LogP contribution in [0.5, 0.6) is 0 Å². The van der Waals surface area contributed by atoms with Crippen molar-refractivity contribution in [1.82, 2.24) is 4.98 Å². The number of hydrogen-bond donors (Lipinski definition) is 2. The second kappa shape index (κ2) is 6.75. The number of fused-ring (bicyclic) bond motifs is 2. The number of thiazole rings is 1. The van der Waals surface area contributed by atoms with E-state index in [0.29, 0.717) is 5.13 Å². The molecule has 0 spiro atoms. The van der Waals surface area contributed by atoms with Gasteiger partial charge in [-0.3, -0.25) is 9.59 Å². The van der Waals surface area contributed by atoms with Gasteiger partial charge in [0.1, 0.15) is 0 Å². The number of hydrogen-bond acceptors (Lipinski definition) is 4. The number of nitrogens with one attached hydrogen (secondary N) is 1. The van der Waals surface area contributed by atoms with Gasteiger partial charge in [0.05, 0.1) is 17.5 Å². The predicted molar refractivity (Wildman–Crippen MR) is 106 cm³/mol. The number of rotatable bonds is 4. The van der Waals surface area contributed by atoms with Crippen LogP contribution in [0.2, 0.25) is 0 Å². The van der Waals surface area contributed by atoms with E-state index in [-0.39, 0.29) is 17.7 Å². The molecule has 2 saturated carbocycles. The molecule has 2 aromatic rings. The number of carboxylic acids is 1. The largest absolute Gasteiger partial charge is 0.481 e. The van der Waals surface area contributed by atoms with Crippen LogP contribution in [0.3, 0.4) is 0 Å². The molecule has 2 N–H and O–H groups in total. The minimum absolute atomic E-state index is 0.146. The van der Waals surface area contributed by atoms with Gasteiger partial charge in [-0.2, -0.15) is 0 Å². The van der Waals surface area contributed by atoms with E-state index in [0.717, 1.165) is 35.4 Å². The van der Waals surface area contributed by atoms with Crippen LogP contribution < -0.4 is 5.32 Å². The zero-order chi connectivity index (χ0) is 19.3. The fraction of sp³-hybridized carbons (Fsp3) is 0.476. The molecule has 1 amide bonds. The van der Waals surface area contributed by atoms with Crippen LogP contribution in [0.4, 0.5) is 5.13 Å². The summed E-state index contributed by atoms with van der Waals surface area (Å²) in [7, 11) is 0. The Kier molecular flexibility index (Phi) is 4.54. The molecular formula is C21H24N2O3S. The smallest absolute Gasteiger partial charge is 0.307 e. The summed E-state index contributed by atoms with van der Waals surface area (Å²) in [5.74, 6) is -1.67. The average Bonchev–Trinajstić information content (AvgIpc) is 3.31. The van der Waals surface area contributed by atoms with E-state index in [4.69, 9.17) is 0 Å². The SMILES string of the molecule is Cc1ccc(-c2nc(NC(=O)[C@H]3[C@H]4CC[C@@H](C4)[C@H]3C(=O)O)sc2C)cc1C. The quantitative estimate of drug-likeness (QED) is 0.818. The van der Waals surface area contributed by atoms with Crippen LogP contribution >= 0.6 is 11.3 Å². The van der Waals surface area contributed by atoms with Gasteiger partial charge in [-0.05, 0) is 69.1 Å². The molecule has 0 saturated heterocycles. The first-order chi connectivity index (χ1) is 12.8. The Morgan fingerprint density at radius 1 is 1.11 bits per heavy atom. The topological polar surface area (TPSA) is 79.3 Å². The van der Waals surface area contributed by atoms with Crippen LogP contribution in [0.1, 0.15) is 35.3 Å². The molecule has 27 heavy (non-hydrogen) atoms. The summed E-state index contributed by atoms with van der Waals surface area (Å²) in [6.07, 6.45) is 2.75. The maximum absolute atomic E-state index is 12.9. The van der Waals surface area contributed by atoms with Crippen molar-refractivity contribution in [3.05, 3.63) is 34.2 Å². The van der Waals surface area contributed by atoms with Crippen molar-refractivity contribution in [2.45, 2.75) is 40.0 Å². The first-order valence-electron chi connectivity index (χ1n) is 9.44. The van der Waals surface area contributed by atoms with E-state index in [1.54, 1.807) is 0 Å². The van der Waals surface area contributed by atoms with Crippen molar-refractivity contribution in [3.63, 3.8) is 0 Å². The minimum atomic E-state index is -0.839. The average molecular weight is 385 g/mol. The van der Waals surface area contributed by atoms with Crippen LogP contribution in [0, 0.1) is 44.4 Å². The van der Waals surface area contributed by atoms with E-state index in [9.17, 15) is 14.7 Å². The fourth-order valence-corrected chi connectivity index (χ4v) is 5.66. The molecule has 6 heteroatoms. The molecule has 5 nitrogen and oxygen atoms in total. The highest BCUT2D eigenvalue weighted by Crippen LogP contribution is 2.52. The Morgan fingerprint density at radius 3 is 2.48 bits per heavy atom. The summed E-state index contributed by atoms with van der Waals surface area (Å²) in [5.41, 5.74) is 4.35. The lowest BCUT2D eigenvalue weighted by molar-refractivity contribution is -0.148. The first-order valence-corrected chi connectivity index (χ1v) is 10.3. The number of carboxylic acid groups (broad SMARTS) is 1. The third-order valence-corrected chi connectivity index (χ3v) is 7.20. The van der Waals surface area contributed by atoms with Gasteiger partial charge in [-0.25, -0.2) is 4.98 Å². The maximum Gasteiger partial charge on any atom is 0.307 e. The number of nitrogens with zero attached hydrogens (tertiary/aromatic N) is 1. The second-order valence-electron chi connectivity index (χ2n) is 7.94. The van der Waals surface area contributed by atoms with E-state index < -0.39 is 17.8 Å². The van der Waals surface area contributed by atoms with Crippen LogP contribution in [0.15, 0.2) is 18.2 Å². The van der Waals surface area contributed by atoms with Gasteiger partial charge in [0, 0.05) is 10.4 Å². The molecule has 4 atom stereocenters. The number of aryl methyl sites for hydroxylation is 3. The normalized spacial score (nSPS) is 26.3. The van der Waals surface area contributed by atoms with E-state index in [2.05, 4.69) is 36.3 Å². The molecule has 4 rings (SSSR count). The molecule has 2 bridgehead atoms. The minimum Gasteiger partial charge on any atom is -0.481 e. The Labute approximate surface area is 162 Å². The summed E-state index contributed by atoms with van der Waals surface area (Å²) in [6, 6.07) is 6.24. The Bertz CT molecular complexity index is 920. The van der Waals surface area contributed by atoms with Crippen LogP contribution in [-0.2, 0) is 9.59 Å². The number of aliphatic carboxylic acids is 1. The highest BCUT2D eigenvalue weighted by atomic mass is 32.1. The number of amides is 1. The number of anilines is 1. The van der Waals surface area contributed by atoms with Crippen molar-refractivity contribution in [3.8, 4) is 11.3 Å². The molecule has 0 unspecified atom stereocenters. The second-order valence-corrected chi connectivity index (χ2v) is 9.14. The zero-order valence-electron chi connectivity index (χ0n) is 15.8. The lowest BCUT2D eigenvalue weighted by Gasteiger charge is -2.26. The molecular weight excluding hydrogens is 360 g/mol. The third-order valence-electron chi connectivity index (χ3n) is 6.31. The van der Waals surface area contributed by atoms with Gasteiger partial charge < -0.3 is 10.4 Å². The first kappa shape index (κ1) is 18.2. The molecule has 0 radical (unpaired) electrons. The molecule has 1 heterocycles. The van der Waals surface area contributed by atoms with E-state index >= 15 is 0 Å². The molecule has 2 aliphatic carbocycles. The fourth-order valence-electron chi connectivity index (χ4n) is 4.82. The Hall–Kier alpha value is -2.21. The number of benzene rings is 1. The summed E-state index contributed by atoms with van der Waals surface area (Å²) in [6.45, 7) is 6.15. The lowest BCUT2D eigenvalue weighted by atomic mass is 9.79. The van der Waals surface area contributed by atoms with Crippen molar-refractivity contribution in [2.24, 2.45) is 23.7 Å². The van der Waals surface area contributed by atoms with E-state index in [1.165, 1.54) is 22.5 Å².